The van der Waals surface area contributed by atoms with Crippen molar-refractivity contribution >= 4 is 29.5 Å². The minimum absolute atomic E-state index is 0.0792. The number of hydrogen-bond acceptors (Lipinski definition) is 3. The summed E-state index contributed by atoms with van der Waals surface area (Å²) in [5, 5.41) is 3.76. The van der Waals surface area contributed by atoms with Crippen molar-refractivity contribution in [2.45, 2.75) is 48.6 Å². The summed E-state index contributed by atoms with van der Waals surface area (Å²) >= 11 is 1.21. The Labute approximate surface area is 162 Å². The Morgan fingerprint density at radius 3 is 2.46 bits per heavy atom. The van der Waals surface area contributed by atoms with Gasteiger partial charge in [0.15, 0.2) is 5.69 Å². The third kappa shape index (κ3) is 4.16. The molecule has 0 aliphatic heterocycles. The quantitative estimate of drug-likeness (QED) is 0.479. The van der Waals surface area contributed by atoms with Crippen molar-refractivity contribution in [1.82, 2.24) is 9.78 Å². The highest BCUT2D eigenvalue weighted by Gasteiger charge is 2.42. The van der Waals surface area contributed by atoms with Gasteiger partial charge in [0.1, 0.15) is 22.3 Å². The zero-order valence-corrected chi connectivity index (χ0v) is 15.8. The molecule has 1 amide bonds. The van der Waals surface area contributed by atoms with Gasteiger partial charge in [-0.2, -0.15) is 18.3 Å². The first-order valence-electron chi connectivity index (χ1n) is 8.72. The minimum Gasteiger partial charge on any atom is -0.278 e. The second-order valence-corrected chi connectivity index (χ2v) is 7.86. The molecule has 1 aliphatic carbocycles. The molecule has 0 unspecified atom stereocenters. The molecule has 0 saturated heterocycles. The van der Waals surface area contributed by atoms with Crippen LogP contribution in [-0.2, 0) is 18.0 Å². The molecule has 28 heavy (non-hydrogen) atoms. The number of nitrogens with zero attached hydrogens (tertiary/aromatic N) is 3. The monoisotopic (exact) mass is 419 g/mol. The Bertz CT molecular complexity index is 862. The lowest BCUT2D eigenvalue weighted by molar-refractivity contribution is -0.140. The van der Waals surface area contributed by atoms with Crippen molar-refractivity contribution in [3.63, 3.8) is 0 Å². The number of carbonyl (C=O) groups is 1. The van der Waals surface area contributed by atoms with Gasteiger partial charge in [0.2, 0.25) is 6.41 Å². The van der Waals surface area contributed by atoms with Gasteiger partial charge in [-0.05, 0) is 25.0 Å². The molecular weight excluding hydrogens is 401 g/mol. The predicted molar refractivity (Wildman–Crippen MR) is 95.5 cm³/mol. The highest BCUT2D eigenvalue weighted by atomic mass is 32.2. The predicted octanol–water partition coefficient (Wildman–Crippen LogP) is 5.44. The van der Waals surface area contributed by atoms with Crippen molar-refractivity contribution in [1.29, 1.82) is 0 Å². The van der Waals surface area contributed by atoms with Crippen LogP contribution in [0.4, 0.5) is 33.3 Å². The molecule has 1 saturated carbocycles. The average Bonchev–Trinajstić information content (AvgIpc) is 2.95. The second kappa shape index (κ2) is 8.10. The Hall–Kier alpha value is -2.10. The van der Waals surface area contributed by atoms with E-state index in [0.29, 0.717) is 11.0 Å². The van der Waals surface area contributed by atoms with Gasteiger partial charge in [0.05, 0.1) is 5.69 Å². The largest absolute Gasteiger partial charge is 0.437 e. The first-order valence-corrected chi connectivity index (χ1v) is 9.60. The van der Waals surface area contributed by atoms with Crippen LogP contribution in [-0.4, -0.2) is 21.4 Å². The fourth-order valence-electron chi connectivity index (χ4n) is 3.28. The normalized spacial score (nSPS) is 15.6. The number of aromatic nitrogens is 2. The summed E-state index contributed by atoms with van der Waals surface area (Å²) in [4.78, 5) is 12.3. The van der Waals surface area contributed by atoms with E-state index in [9.17, 15) is 26.7 Å². The van der Waals surface area contributed by atoms with Gasteiger partial charge in [-0.1, -0.05) is 19.3 Å². The van der Waals surface area contributed by atoms with E-state index in [1.165, 1.54) is 18.8 Å². The molecule has 0 bridgehead atoms. The number of rotatable bonds is 5. The number of hydrogen-bond donors (Lipinski definition) is 0. The summed E-state index contributed by atoms with van der Waals surface area (Å²) in [5.74, 6) is -2.04. The summed E-state index contributed by atoms with van der Waals surface area (Å²) in [7, 11) is 1.36. The maximum absolute atomic E-state index is 14.2. The Kier molecular flexibility index (Phi) is 5.97. The molecule has 0 atom stereocenters. The van der Waals surface area contributed by atoms with E-state index < -0.39 is 34.9 Å². The number of amides is 1. The summed E-state index contributed by atoms with van der Waals surface area (Å²) in [5.41, 5.74) is -2.30. The fourth-order valence-corrected chi connectivity index (χ4v) is 4.67. The molecule has 0 radical (unpaired) electrons. The topological polar surface area (TPSA) is 38.1 Å². The van der Waals surface area contributed by atoms with Crippen LogP contribution < -0.4 is 4.90 Å². The Morgan fingerprint density at radius 1 is 1.21 bits per heavy atom. The van der Waals surface area contributed by atoms with Crippen LogP contribution in [0, 0.1) is 11.6 Å². The van der Waals surface area contributed by atoms with Gasteiger partial charge >= 0.3 is 6.18 Å². The first kappa shape index (κ1) is 20.6. The number of halogens is 5. The van der Waals surface area contributed by atoms with Gasteiger partial charge < -0.3 is 0 Å². The van der Waals surface area contributed by atoms with Crippen LogP contribution in [0.5, 0.6) is 0 Å². The third-order valence-electron chi connectivity index (χ3n) is 4.59. The summed E-state index contributed by atoms with van der Waals surface area (Å²) < 4.78 is 69.4. The SMILES string of the molecule is Cn1nc(C(F)(F)F)c(N(C=O)c2ccc(F)cc2F)c1SC1CCCCC1. The lowest BCUT2D eigenvalue weighted by Gasteiger charge is -2.24. The standard InChI is InChI=1S/C18H18F5N3OS/c1-25-17(28-12-5-3-2-4-6-12)15(16(24-25)18(21,22)23)26(10-27)14-8-7-11(19)9-13(14)20/h7-10,12H,2-6H2,1H3. The number of anilines is 2. The van der Waals surface area contributed by atoms with Crippen molar-refractivity contribution in [3.8, 4) is 0 Å². The lowest BCUT2D eigenvalue weighted by Crippen LogP contribution is -2.21. The average molecular weight is 419 g/mol. The van der Waals surface area contributed by atoms with Crippen molar-refractivity contribution < 1.29 is 26.7 Å². The van der Waals surface area contributed by atoms with E-state index >= 15 is 0 Å². The Morgan fingerprint density at radius 2 is 1.89 bits per heavy atom. The van der Waals surface area contributed by atoms with E-state index in [1.54, 1.807) is 0 Å². The fraction of sp³-hybridized carbons (Fsp3) is 0.444. The first-order chi connectivity index (χ1) is 13.2. The number of alkyl halides is 3. The second-order valence-electron chi connectivity index (χ2n) is 6.57. The van der Waals surface area contributed by atoms with Gasteiger partial charge in [0, 0.05) is 18.4 Å². The summed E-state index contributed by atoms with van der Waals surface area (Å²) in [6.45, 7) is 0. The van der Waals surface area contributed by atoms with E-state index in [0.717, 1.165) is 48.9 Å². The Balaban J connectivity index is 2.13. The number of carbonyl (C=O) groups excluding carboxylic acids is 1. The third-order valence-corrected chi connectivity index (χ3v) is 6.07. The number of benzene rings is 1. The van der Waals surface area contributed by atoms with Crippen LogP contribution in [0.2, 0.25) is 0 Å². The molecule has 2 aromatic rings. The maximum Gasteiger partial charge on any atom is 0.437 e. The smallest absolute Gasteiger partial charge is 0.278 e. The lowest BCUT2D eigenvalue weighted by atomic mass is 10.0. The number of aryl methyl sites for hydroxylation is 1. The highest BCUT2D eigenvalue weighted by molar-refractivity contribution is 8.00. The molecular formula is C18H18F5N3OS. The van der Waals surface area contributed by atoms with E-state index in [-0.39, 0.29) is 16.7 Å². The molecule has 0 spiro atoms. The van der Waals surface area contributed by atoms with Crippen LogP contribution >= 0.6 is 11.8 Å². The van der Waals surface area contributed by atoms with Gasteiger partial charge in [0.25, 0.3) is 0 Å². The van der Waals surface area contributed by atoms with Crippen molar-refractivity contribution in [2.75, 3.05) is 4.90 Å². The number of thioether (sulfide) groups is 1. The van der Waals surface area contributed by atoms with Crippen molar-refractivity contribution in [3.05, 3.63) is 35.5 Å². The molecule has 1 fully saturated rings. The molecule has 1 aliphatic rings. The van der Waals surface area contributed by atoms with Crippen LogP contribution in [0.25, 0.3) is 0 Å². The zero-order valence-electron chi connectivity index (χ0n) is 15.0. The molecule has 152 valence electrons. The van der Waals surface area contributed by atoms with E-state index in [1.807, 2.05) is 0 Å². The molecule has 1 aromatic carbocycles. The van der Waals surface area contributed by atoms with Crippen LogP contribution in [0.3, 0.4) is 0 Å². The molecule has 1 heterocycles. The molecule has 4 nitrogen and oxygen atoms in total. The molecule has 0 N–H and O–H groups in total. The van der Waals surface area contributed by atoms with Crippen molar-refractivity contribution in [2.24, 2.45) is 7.05 Å². The summed E-state index contributed by atoms with van der Waals surface area (Å²) in [6.07, 6.45) is -0.0682. The summed E-state index contributed by atoms with van der Waals surface area (Å²) in [6, 6.07) is 2.33. The molecule has 1 aromatic heterocycles. The molecule has 10 heteroatoms. The maximum atomic E-state index is 14.2. The van der Waals surface area contributed by atoms with Crippen LogP contribution in [0.15, 0.2) is 23.2 Å². The minimum atomic E-state index is -4.85. The zero-order chi connectivity index (χ0) is 20.5. The highest BCUT2D eigenvalue weighted by Crippen LogP contribution is 2.46. The van der Waals surface area contributed by atoms with E-state index in [4.69, 9.17) is 0 Å². The van der Waals surface area contributed by atoms with Gasteiger partial charge in [-0.15, -0.1) is 11.8 Å². The van der Waals surface area contributed by atoms with Gasteiger partial charge in [-0.3, -0.25) is 14.4 Å². The van der Waals surface area contributed by atoms with Crippen LogP contribution in [0.1, 0.15) is 37.8 Å². The van der Waals surface area contributed by atoms with E-state index in [2.05, 4.69) is 5.10 Å². The van der Waals surface area contributed by atoms with Gasteiger partial charge in [-0.25, -0.2) is 8.78 Å². The molecule has 3 rings (SSSR count).